The zero-order valence-electron chi connectivity index (χ0n) is 9.72. The summed E-state index contributed by atoms with van der Waals surface area (Å²) in [6.07, 6.45) is 1.30. The van der Waals surface area contributed by atoms with E-state index in [2.05, 4.69) is 6.92 Å². The normalized spacial score (nSPS) is 33.9. The third-order valence-electron chi connectivity index (χ3n) is 2.28. The second kappa shape index (κ2) is 6.51. The van der Waals surface area contributed by atoms with Crippen molar-refractivity contribution in [2.75, 3.05) is 46.2 Å². The number of rotatable bonds is 7. The first-order chi connectivity index (χ1) is 7.84. The third kappa shape index (κ3) is 7.14. The SMILES string of the molecule is C(COCC1CO1)OCC1CO1.CC1CO1. The van der Waals surface area contributed by atoms with Crippen molar-refractivity contribution in [3.05, 3.63) is 0 Å². The first kappa shape index (κ1) is 12.3. The molecule has 3 heterocycles. The Labute approximate surface area is 95.9 Å². The molecule has 0 spiro atoms. The fraction of sp³-hybridized carbons (Fsp3) is 1.00. The zero-order valence-corrected chi connectivity index (χ0v) is 9.72. The van der Waals surface area contributed by atoms with Crippen LogP contribution in [0.15, 0.2) is 0 Å². The average molecular weight is 232 g/mol. The molecule has 16 heavy (non-hydrogen) atoms. The standard InChI is InChI=1S/C8H14O4.C3H6O/c1(9-3-7-5-11-7)2-10-4-8-6-12-8;1-3-2-4-3/h7-8H,1-6H2;3H,2H2,1H3. The van der Waals surface area contributed by atoms with Crippen LogP contribution in [0.4, 0.5) is 0 Å². The van der Waals surface area contributed by atoms with Gasteiger partial charge < -0.3 is 23.7 Å². The Balaban J connectivity index is 0.000000203. The van der Waals surface area contributed by atoms with Crippen LogP contribution in [0.5, 0.6) is 0 Å². The zero-order chi connectivity index (χ0) is 11.2. The number of hydrogen-bond acceptors (Lipinski definition) is 5. The van der Waals surface area contributed by atoms with Crippen LogP contribution in [0, 0.1) is 0 Å². The van der Waals surface area contributed by atoms with Crippen molar-refractivity contribution in [1.29, 1.82) is 0 Å². The highest BCUT2D eigenvalue weighted by Crippen LogP contribution is 2.09. The lowest BCUT2D eigenvalue weighted by atomic mass is 10.5. The molecule has 0 radical (unpaired) electrons. The van der Waals surface area contributed by atoms with Gasteiger partial charge >= 0.3 is 0 Å². The first-order valence-corrected chi connectivity index (χ1v) is 5.85. The van der Waals surface area contributed by atoms with Gasteiger partial charge in [0.05, 0.1) is 52.4 Å². The van der Waals surface area contributed by atoms with Gasteiger partial charge in [0.2, 0.25) is 0 Å². The highest BCUT2D eigenvalue weighted by molar-refractivity contribution is 4.68. The van der Waals surface area contributed by atoms with Crippen LogP contribution >= 0.6 is 0 Å². The van der Waals surface area contributed by atoms with E-state index in [1.54, 1.807) is 0 Å². The average Bonchev–Trinajstić information content (AvgIpc) is 3.12. The molecule has 5 heteroatoms. The van der Waals surface area contributed by atoms with Crippen LogP contribution in [-0.2, 0) is 23.7 Å². The molecule has 0 amide bonds. The van der Waals surface area contributed by atoms with Gasteiger partial charge in [-0.25, -0.2) is 0 Å². The molecule has 3 unspecified atom stereocenters. The van der Waals surface area contributed by atoms with Gasteiger partial charge in [-0.1, -0.05) is 0 Å². The summed E-state index contributed by atoms with van der Waals surface area (Å²) < 4.78 is 25.2. The highest BCUT2D eigenvalue weighted by atomic mass is 16.6. The summed E-state index contributed by atoms with van der Waals surface area (Å²) in [6, 6.07) is 0. The highest BCUT2D eigenvalue weighted by Gasteiger charge is 2.23. The molecule has 0 N–H and O–H groups in total. The molecule has 3 rings (SSSR count). The third-order valence-corrected chi connectivity index (χ3v) is 2.28. The molecule has 0 aromatic heterocycles. The van der Waals surface area contributed by atoms with Crippen LogP contribution < -0.4 is 0 Å². The maximum Gasteiger partial charge on any atom is 0.104 e. The molecule has 0 bridgehead atoms. The summed E-state index contributed by atoms with van der Waals surface area (Å²) in [5.74, 6) is 0. The van der Waals surface area contributed by atoms with Gasteiger partial charge in [-0.15, -0.1) is 0 Å². The van der Waals surface area contributed by atoms with Crippen molar-refractivity contribution >= 4 is 0 Å². The molecule has 0 aliphatic carbocycles. The summed E-state index contributed by atoms with van der Waals surface area (Å²) in [7, 11) is 0. The lowest BCUT2D eigenvalue weighted by Crippen LogP contribution is -2.10. The van der Waals surface area contributed by atoms with Crippen molar-refractivity contribution in [3.8, 4) is 0 Å². The van der Waals surface area contributed by atoms with Crippen molar-refractivity contribution in [3.63, 3.8) is 0 Å². The Kier molecular flexibility index (Phi) is 4.99. The number of ether oxygens (including phenoxy) is 5. The molecule has 3 saturated heterocycles. The Morgan fingerprint density at radius 3 is 1.50 bits per heavy atom. The Bertz CT molecular complexity index is 171. The van der Waals surface area contributed by atoms with E-state index < -0.39 is 0 Å². The fourth-order valence-electron chi connectivity index (χ4n) is 0.972. The van der Waals surface area contributed by atoms with E-state index in [4.69, 9.17) is 23.7 Å². The van der Waals surface area contributed by atoms with Gasteiger partial charge in [-0.2, -0.15) is 0 Å². The topological polar surface area (TPSA) is 56.0 Å². The maximum atomic E-state index is 5.27. The van der Waals surface area contributed by atoms with Crippen molar-refractivity contribution in [1.82, 2.24) is 0 Å². The molecular formula is C11H20O5. The lowest BCUT2D eigenvalue weighted by Gasteiger charge is -2.02. The summed E-state index contributed by atoms with van der Waals surface area (Å²) in [4.78, 5) is 0. The summed E-state index contributed by atoms with van der Waals surface area (Å²) >= 11 is 0. The van der Waals surface area contributed by atoms with Crippen molar-refractivity contribution < 1.29 is 23.7 Å². The predicted octanol–water partition coefficient (Wildman–Crippen LogP) is 0.222. The van der Waals surface area contributed by atoms with Gasteiger partial charge in [0.1, 0.15) is 12.2 Å². The van der Waals surface area contributed by atoms with Gasteiger partial charge in [-0.3, -0.25) is 0 Å². The van der Waals surface area contributed by atoms with E-state index >= 15 is 0 Å². The summed E-state index contributed by atoms with van der Waals surface area (Å²) in [5, 5.41) is 0. The fourth-order valence-corrected chi connectivity index (χ4v) is 0.972. The van der Waals surface area contributed by atoms with Gasteiger partial charge in [-0.05, 0) is 6.92 Å². The van der Waals surface area contributed by atoms with Crippen LogP contribution in [0.3, 0.4) is 0 Å². The minimum Gasteiger partial charge on any atom is -0.376 e. The van der Waals surface area contributed by atoms with Crippen molar-refractivity contribution in [2.24, 2.45) is 0 Å². The molecule has 3 fully saturated rings. The van der Waals surface area contributed by atoms with E-state index in [1.807, 2.05) is 0 Å². The largest absolute Gasteiger partial charge is 0.376 e. The molecule has 3 aliphatic rings. The molecule has 0 aromatic carbocycles. The van der Waals surface area contributed by atoms with Crippen LogP contribution in [0.1, 0.15) is 6.92 Å². The van der Waals surface area contributed by atoms with E-state index in [0.717, 1.165) is 19.8 Å². The van der Waals surface area contributed by atoms with E-state index in [-0.39, 0.29) is 0 Å². The summed E-state index contributed by atoms with van der Waals surface area (Å²) in [5.41, 5.74) is 0. The minimum absolute atomic E-state index is 0.358. The smallest absolute Gasteiger partial charge is 0.104 e. The van der Waals surface area contributed by atoms with Crippen LogP contribution in [-0.4, -0.2) is 64.6 Å². The molecule has 3 atom stereocenters. The number of epoxide rings is 3. The molecule has 5 nitrogen and oxygen atoms in total. The summed E-state index contributed by atoms with van der Waals surface area (Å²) in [6.45, 7) is 7.50. The molecule has 0 aromatic rings. The maximum absolute atomic E-state index is 5.27. The Hall–Kier alpha value is -0.200. The van der Waals surface area contributed by atoms with Gasteiger partial charge in [0, 0.05) is 0 Å². The van der Waals surface area contributed by atoms with E-state index in [1.165, 1.54) is 0 Å². The van der Waals surface area contributed by atoms with Gasteiger partial charge in [0.15, 0.2) is 0 Å². The second-order valence-electron chi connectivity index (χ2n) is 4.20. The first-order valence-electron chi connectivity index (χ1n) is 5.85. The Morgan fingerprint density at radius 2 is 1.25 bits per heavy atom. The lowest BCUT2D eigenvalue weighted by molar-refractivity contribution is 0.0366. The Morgan fingerprint density at radius 1 is 0.875 bits per heavy atom. The predicted molar refractivity (Wildman–Crippen MR) is 56.5 cm³/mol. The second-order valence-corrected chi connectivity index (χ2v) is 4.20. The molecule has 0 saturated carbocycles. The van der Waals surface area contributed by atoms with Gasteiger partial charge in [0.25, 0.3) is 0 Å². The van der Waals surface area contributed by atoms with Crippen LogP contribution in [0.25, 0.3) is 0 Å². The van der Waals surface area contributed by atoms with E-state index in [9.17, 15) is 0 Å². The quantitative estimate of drug-likeness (QED) is 0.464. The van der Waals surface area contributed by atoms with Crippen molar-refractivity contribution in [2.45, 2.75) is 25.2 Å². The monoisotopic (exact) mass is 232 g/mol. The molecular weight excluding hydrogens is 212 g/mol. The number of hydrogen-bond donors (Lipinski definition) is 0. The van der Waals surface area contributed by atoms with E-state index in [0.29, 0.717) is 44.7 Å². The minimum atomic E-state index is 0.358. The van der Waals surface area contributed by atoms with Crippen LogP contribution in [0.2, 0.25) is 0 Å². The molecule has 3 aliphatic heterocycles. The molecule has 94 valence electrons.